The van der Waals surface area contributed by atoms with E-state index in [1.807, 2.05) is 12.1 Å². The van der Waals surface area contributed by atoms with Gasteiger partial charge in [-0.05, 0) is 30.7 Å². The van der Waals surface area contributed by atoms with Crippen molar-refractivity contribution in [1.29, 1.82) is 0 Å². The summed E-state index contributed by atoms with van der Waals surface area (Å²) in [6.07, 6.45) is 1.64. The molecule has 0 unspecified atom stereocenters. The second kappa shape index (κ2) is 5.80. The van der Waals surface area contributed by atoms with Gasteiger partial charge in [0, 0.05) is 16.3 Å². The Bertz CT molecular complexity index is 633. The summed E-state index contributed by atoms with van der Waals surface area (Å²) in [5, 5.41) is 9.65. The van der Waals surface area contributed by atoms with Gasteiger partial charge in [0.1, 0.15) is 11.4 Å². The number of carbonyl (C=O) groups is 1. The minimum absolute atomic E-state index is 0.0353. The van der Waals surface area contributed by atoms with Crippen molar-refractivity contribution in [2.45, 2.75) is 6.92 Å². The van der Waals surface area contributed by atoms with Gasteiger partial charge in [0.05, 0.1) is 0 Å². The molecule has 3 nitrogen and oxygen atoms in total. The van der Waals surface area contributed by atoms with Gasteiger partial charge < -0.3 is 5.11 Å². The summed E-state index contributed by atoms with van der Waals surface area (Å²) in [7, 11) is 0. The molecule has 96 valence electrons. The number of rotatable bonds is 3. The summed E-state index contributed by atoms with van der Waals surface area (Å²) >= 11 is 3.33. The van der Waals surface area contributed by atoms with Crippen LogP contribution < -0.4 is 0 Å². The molecule has 0 spiro atoms. The second-order valence-electron chi connectivity index (χ2n) is 4.07. The van der Waals surface area contributed by atoms with E-state index in [1.165, 1.54) is 6.92 Å². The molecule has 0 aliphatic carbocycles. The van der Waals surface area contributed by atoms with Crippen molar-refractivity contribution in [1.82, 2.24) is 0 Å². The van der Waals surface area contributed by atoms with E-state index in [1.54, 1.807) is 36.5 Å². The first-order chi connectivity index (χ1) is 9.06. The number of ketones is 1. The molecule has 0 fully saturated rings. The molecule has 0 amide bonds. The Morgan fingerprint density at radius 3 is 2.53 bits per heavy atom. The predicted octanol–water partition coefficient (Wildman–Crippen LogP) is 4.11. The van der Waals surface area contributed by atoms with E-state index in [2.05, 4.69) is 20.9 Å². The monoisotopic (exact) mass is 317 g/mol. The normalized spacial score (nSPS) is 10.8. The zero-order valence-corrected chi connectivity index (χ0v) is 11.9. The molecule has 2 rings (SSSR count). The Hall–Kier alpha value is -1.94. The van der Waals surface area contributed by atoms with Crippen molar-refractivity contribution < 1.29 is 9.90 Å². The van der Waals surface area contributed by atoms with Crippen LogP contribution in [0, 0.1) is 0 Å². The molecule has 0 heterocycles. The van der Waals surface area contributed by atoms with Crippen LogP contribution in [-0.4, -0.2) is 17.1 Å². The standard InChI is InChI=1S/C15H12BrNO2/c1-10(18)12-4-2-11(3-5-12)9-17-14-8-13(16)6-7-15(14)19/h2-9,19H,1H3/b17-9+. The van der Waals surface area contributed by atoms with E-state index < -0.39 is 0 Å². The van der Waals surface area contributed by atoms with Crippen LogP contribution in [0.3, 0.4) is 0 Å². The molecule has 0 saturated carbocycles. The van der Waals surface area contributed by atoms with Gasteiger partial charge >= 0.3 is 0 Å². The molecule has 0 atom stereocenters. The van der Waals surface area contributed by atoms with Crippen molar-refractivity contribution in [2.24, 2.45) is 4.99 Å². The van der Waals surface area contributed by atoms with Crippen LogP contribution in [0.1, 0.15) is 22.8 Å². The summed E-state index contributed by atoms with van der Waals surface area (Å²) in [4.78, 5) is 15.4. The van der Waals surface area contributed by atoms with Gasteiger partial charge in [-0.25, -0.2) is 0 Å². The fourth-order valence-corrected chi connectivity index (χ4v) is 1.90. The molecular weight excluding hydrogens is 306 g/mol. The first-order valence-corrected chi connectivity index (χ1v) is 6.49. The smallest absolute Gasteiger partial charge is 0.159 e. The second-order valence-corrected chi connectivity index (χ2v) is 4.99. The number of hydrogen-bond acceptors (Lipinski definition) is 3. The highest BCUT2D eigenvalue weighted by atomic mass is 79.9. The van der Waals surface area contributed by atoms with Crippen molar-refractivity contribution in [3.8, 4) is 5.75 Å². The lowest BCUT2D eigenvalue weighted by Crippen LogP contribution is -1.91. The van der Waals surface area contributed by atoms with E-state index in [4.69, 9.17) is 0 Å². The van der Waals surface area contributed by atoms with Crippen molar-refractivity contribution in [3.05, 3.63) is 58.1 Å². The Balaban J connectivity index is 2.22. The van der Waals surface area contributed by atoms with Crippen LogP contribution in [0.5, 0.6) is 5.75 Å². The van der Waals surface area contributed by atoms with Crippen molar-refractivity contribution in [2.75, 3.05) is 0 Å². The first-order valence-electron chi connectivity index (χ1n) is 5.70. The average molecular weight is 318 g/mol. The number of hydrogen-bond donors (Lipinski definition) is 1. The van der Waals surface area contributed by atoms with Crippen LogP contribution >= 0.6 is 15.9 Å². The summed E-state index contributed by atoms with van der Waals surface area (Å²) in [5.41, 5.74) is 2.02. The molecule has 0 bridgehead atoms. The Morgan fingerprint density at radius 2 is 1.89 bits per heavy atom. The number of nitrogens with zero attached hydrogens (tertiary/aromatic N) is 1. The molecule has 0 aliphatic rings. The quantitative estimate of drug-likeness (QED) is 0.684. The molecule has 0 aliphatic heterocycles. The number of Topliss-reactive ketones (excluding diaryl/α,β-unsaturated/α-hetero) is 1. The highest BCUT2D eigenvalue weighted by molar-refractivity contribution is 9.10. The third kappa shape index (κ3) is 3.51. The van der Waals surface area contributed by atoms with Gasteiger partial charge in [-0.15, -0.1) is 0 Å². The van der Waals surface area contributed by atoms with E-state index in [-0.39, 0.29) is 11.5 Å². The lowest BCUT2D eigenvalue weighted by atomic mass is 10.1. The van der Waals surface area contributed by atoms with E-state index in [9.17, 15) is 9.90 Å². The topological polar surface area (TPSA) is 49.7 Å². The van der Waals surface area contributed by atoms with Gasteiger partial charge in [0.2, 0.25) is 0 Å². The van der Waals surface area contributed by atoms with Crippen molar-refractivity contribution in [3.63, 3.8) is 0 Å². The zero-order valence-electron chi connectivity index (χ0n) is 10.3. The van der Waals surface area contributed by atoms with Gasteiger partial charge in [-0.1, -0.05) is 40.2 Å². The molecule has 19 heavy (non-hydrogen) atoms. The largest absolute Gasteiger partial charge is 0.506 e. The van der Waals surface area contributed by atoms with Crippen LogP contribution in [-0.2, 0) is 0 Å². The first kappa shape index (κ1) is 13.5. The Labute approximate surface area is 119 Å². The molecule has 1 N–H and O–H groups in total. The minimum Gasteiger partial charge on any atom is -0.506 e. The number of phenols is 1. The van der Waals surface area contributed by atoms with Gasteiger partial charge in [0.15, 0.2) is 5.78 Å². The maximum atomic E-state index is 11.1. The van der Waals surface area contributed by atoms with E-state index in [0.29, 0.717) is 11.3 Å². The highest BCUT2D eigenvalue weighted by Crippen LogP contribution is 2.29. The number of aliphatic imine (C=N–C) groups is 1. The maximum absolute atomic E-state index is 11.1. The average Bonchev–Trinajstić information content (AvgIpc) is 2.40. The number of halogens is 1. The van der Waals surface area contributed by atoms with E-state index >= 15 is 0 Å². The molecule has 2 aromatic carbocycles. The molecular formula is C15H12BrNO2. The summed E-state index contributed by atoms with van der Waals surface area (Å²) in [6, 6.07) is 12.2. The lowest BCUT2D eigenvalue weighted by Gasteiger charge is -2.00. The van der Waals surface area contributed by atoms with Crippen molar-refractivity contribution >= 4 is 33.6 Å². The minimum atomic E-state index is 0.0353. The van der Waals surface area contributed by atoms with Crippen LogP contribution in [0.15, 0.2) is 51.9 Å². The molecule has 0 radical (unpaired) electrons. The third-order valence-electron chi connectivity index (χ3n) is 2.61. The molecule has 2 aromatic rings. The van der Waals surface area contributed by atoms with Gasteiger partial charge in [0.25, 0.3) is 0 Å². The van der Waals surface area contributed by atoms with Crippen LogP contribution in [0.4, 0.5) is 5.69 Å². The summed E-state index contributed by atoms with van der Waals surface area (Å²) < 4.78 is 0.851. The van der Waals surface area contributed by atoms with Gasteiger partial charge in [-0.3, -0.25) is 9.79 Å². The fourth-order valence-electron chi connectivity index (χ4n) is 1.55. The SMILES string of the molecule is CC(=O)c1ccc(/C=N/c2cc(Br)ccc2O)cc1. The maximum Gasteiger partial charge on any atom is 0.159 e. The number of carbonyl (C=O) groups excluding carboxylic acids is 1. The fraction of sp³-hybridized carbons (Fsp3) is 0.0667. The highest BCUT2D eigenvalue weighted by Gasteiger charge is 2.00. The molecule has 0 saturated heterocycles. The van der Waals surface area contributed by atoms with E-state index in [0.717, 1.165) is 10.0 Å². The summed E-state index contributed by atoms with van der Waals surface area (Å²) in [6.45, 7) is 1.53. The van der Waals surface area contributed by atoms with Crippen LogP contribution in [0.2, 0.25) is 0 Å². The number of phenolic OH excluding ortho intramolecular Hbond substituents is 1. The Kier molecular flexibility index (Phi) is 4.12. The number of benzene rings is 2. The summed E-state index contributed by atoms with van der Waals surface area (Å²) in [5.74, 6) is 0.160. The van der Waals surface area contributed by atoms with Gasteiger partial charge in [-0.2, -0.15) is 0 Å². The molecule has 4 heteroatoms. The Morgan fingerprint density at radius 1 is 1.21 bits per heavy atom. The predicted molar refractivity (Wildman–Crippen MR) is 79.5 cm³/mol. The third-order valence-corrected chi connectivity index (χ3v) is 3.10. The zero-order chi connectivity index (χ0) is 13.8. The lowest BCUT2D eigenvalue weighted by molar-refractivity contribution is 0.101. The number of aromatic hydroxyl groups is 1. The molecule has 0 aromatic heterocycles. The van der Waals surface area contributed by atoms with Crippen LogP contribution in [0.25, 0.3) is 0 Å².